The number of urea groups is 1. The summed E-state index contributed by atoms with van der Waals surface area (Å²) in [6, 6.07) is 12.7. The van der Waals surface area contributed by atoms with E-state index in [1.807, 2.05) is 57.2 Å². The molecule has 0 bridgehead atoms. The molecular weight excluding hydrogens is 356 g/mol. The van der Waals surface area contributed by atoms with Crippen LogP contribution in [0.1, 0.15) is 30.5 Å². The maximum Gasteiger partial charge on any atom is 0.329 e. The molecule has 0 radical (unpaired) electrons. The average molecular weight is 380 g/mol. The molecule has 0 saturated carbocycles. The molecule has 146 valence electrons. The van der Waals surface area contributed by atoms with Gasteiger partial charge in [0.1, 0.15) is 17.2 Å². The molecule has 0 unspecified atom stereocenters. The van der Waals surface area contributed by atoms with Gasteiger partial charge in [-0.15, -0.1) is 0 Å². The number of carbonyl (C=O) groups is 2. The Hall–Kier alpha value is -3.28. The number of rotatable bonds is 7. The second-order valence-corrected chi connectivity index (χ2v) is 6.43. The van der Waals surface area contributed by atoms with Crippen molar-refractivity contribution in [1.82, 2.24) is 10.2 Å². The van der Waals surface area contributed by atoms with Crippen LogP contribution in [-0.4, -0.2) is 30.1 Å². The zero-order valence-electron chi connectivity index (χ0n) is 16.3. The molecule has 0 aromatic heterocycles. The summed E-state index contributed by atoms with van der Waals surface area (Å²) in [5.74, 6) is 0.928. The van der Waals surface area contributed by atoms with E-state index in [9.17, 15) is 9.59 Å². The van der Waals surface area contributed by atoms with Crippen LogP contribution in [0.4, 0.5) is 4.79 Å². The highest BCUT2D eigenvalue weighted by atomic mass is 16.5. The molecule has 6 heteroatoms. The molecule has 6 nitrogen and oxygen atoms in total. The smallest absolute Gasteiger partial charge is 0.329 e. The van der Waals surface area contributed by atoms with Gasteiger partial charge in [0, 0.05) is 11.6 Å². The third-order valence-corrected chi connectivity index (χ3v) is 4.32. The van der Waals surface area contributed by atoms with E-state index < -0.39 is 6.03 Å². The van der Waals surface area contributed by atoms with Crippen molar-refractivity contribution in [2.75, 3.05) is 13.2 Å². The van der Waals surface area contributed by atoms with Gasteiger partial charge in [-0.1, -0.05) is 29.8 Å². The molecule has 1 saturated heterocycles. The lowest BCUT2D eigenvalue weighted by Crippen LogP contribution is -2.30. The number of imide groups is 1. The molecule has 1 aliphatic heterocycles. The number of hydrogen-bond acceptors (Lipinski definition) is 4. The van der Waals surface area contributed by atoms with E-state index >= 15 is 0 Å². The fourth-order valence-corrected chi connectivity index (χ4v) is 2.92. The van der Waals surface area contributed by atoms with E-state index in [0.717, 1.165) is 11.1 Å². The van der Waals surface area contributed by atoms with Crippen LogP contribution < -0.4 is 14.8 Å². The fraction of sp³-hybridized carbons (Fsp3) is 0.273. The number of carbonyl (C=O) groups excluding carboxylic acids is 2. The van der Waals surface area contributed by atoms with Gasteiger partial charge in [0.25, 0.3) is 5.91 Å². The van der Waals surface area contributed by atoms with Gasteiger partial charge >= 0.3 is 6.03 Å². The lowest BCUT2D eigenvalue weighted by Gasteiger charge is -2.12. The van der Waals surface area contributed by atoms with E-state index in [0.29, 0.717) is 30.3 Å². The van der Waals surface area contributed by atoms with E-state index in [1.54, 1.807) is 12.1 Å². The van der Waals surface area contributed by atoms with Crippen molar-refractivity contribution < 1.29 is 19.1 Å². The molecule has 1 aliphatic rings. The summed E-state index contributed by atoms with van der Waals surface area (Å²) in [7, 11) is 0. The van der Waals surface area contributed by atoms with Crippen LogP contribution in [0, 0.1) is 6.92 Å². The number of nitrogens with one attached hydrogen (secondary N) is 1. The zero-order valence-corrected chi connectivity index (χ0v) is 16.3. The monoisotopic (exact) mass is 380 g/mol. The van der Waals surface area contributed by atoms with E-state index in [-0.39, 0.29) is 18.1 Å². The van der Waals surface area contributed by atoms with Crippen molar-refractivity contribution in [3.63, 3.8) is 0 Å². The first-order valence-corrected chi connectivity index (χ1v) is 9.31. The molecule has 28 heavy (non-hydrogen) atoms. The van der Waals surface area contributed by atoms with Crippen molar-refractivity contribution >= 4 is 18.0 Å². The number of aryl methyl sites for hydroxylation is 1. The summed E-state index contributed by atoms with van der Waals surface area (Å²) < 4.78 is 11.2. The first kappa shape index (κ1) is 19.5. The minimum Gasteiger partial charge on any atom is -0.494 e. The van der Waals surface area contributed by atoms with E-state index in [1.165, 1.54) is 4.90 Å². The van der Waals surface area contributed by atoms with Gasteiger partial charge in [0.15, 0.2) is 0 Å². The quantitative estimate of drug-likeness (QED) is 0.585. The SMILES string of the molecule is CCOc1ccc(/C=C2/NC(=O)N(Cc3ccc(C)cc3)C2=O)c(OCC)c1. The van der Waals surface area contributed by atoms with Gasteiger partial charge in [0.05, 0.1) is 19.8 Å². The molecule has 2 aromatic rings. The minimum atomic E-state index is -0.430. The van der Waals surface area contributed by atoms with Crippen LogP contribution >= 0.6 is 0 Å². The summed E-state index contributed by atoms with van der Waals surface area (Å²) in [5.41, 5.74) is 2.94. The molecule has 0 aliphatic carbocycles. The average Bonchev–Trinajstić information content (AvgIpc) is 2.93. The number of benzene rings is 2. The summed E-state index contributed by atoms with van der Waals surface area (Å²) in [6.45, 7) is 7.04. The van der Waals surface area contributed by atoms with Gasteiger partial charge in [0.2, 0.25) is 0 Å². The second kappa shape index (κ2) is 8.61. The Morgan fingerprint density at radius 2 is 1.71 bits per heavy atom. The number of ether oxygens (including phenoxy) is 2. The first-order chi connectivity index (χ1) is 13.5. The van der Waals surface area contributed by atoms with Crippen LogP contribution in [0.25, 0.3) is 6.08 Å². The number of amides is 3. The third-order valence-electron chi connectivity index (χ3n) is 4.32. The van der Waals surface area contributed by atoms with Gasteiger partial charge in [-0.25, -0.2) is 4.79 Å². The lowest BCUT2D eigenvalue weighted by atomic mass is 10.1. The maximum absolute atomic E-state index is 12.7. The van der Waals surface area contributed by atoms with Gasteiger partial charge in [-0.3, -0.25) is 9.69 Å². The molecular formula is C22H24N2O4. The standard InChI is InChI=1S/C22H24N2O4/c1-4-27-18-11-10-17(20(13-18)28-5-2)12-19-21(25)24(22(26)23-19)14-16-8-6-15(3)7-9-16/h6-13H,4-5,14H2,1-3H3,(H,23,26)/b19-12+. The van der Waals surface area contributed by atoms with Crippen LogP contribution in [0.5, 0.6) is 11.5 Å². The van der Waals surface area contributed by atoms with Crippen molar-refractivity contribution in [3.8, 4) is 11.5 Å². The predicted molar refractivity (Wildman–Crippen MR) is 107 cm³/mol. The maximum atomic E-state index is 12.7. The molecule has 3 amide bonds. The summed E-state index contributed by atoms with van der Waals surface area (Å²) in [5, 5.41) is 2.65. The highest BCUT2D eigenvalue weighted by molar-refractivity contribution is 6.14. The molecule has 0 atom stereocenters. The van der Waals surface area contributed by atoms with Crippen LogP contribution in [-0.2, 0) is 11.3 Å². The molecule has 0 spiro atoms. The number of hydrogen-bond donors (Lipinski definition) is 1. The normalized spacial score (nSPS) is 15.1. The van der Waals surface area contributed by atoms with Crippen molar-refractivity contribution in [1.29, 1.82) is 0 Å². The number of nitrogens with zero attached hydrogens (tertiary/aromatic N) is 1. The Balaban J connectivity index is 1.83. The van der Waals surface area contributed by atoms with Crippen molar-refractivity contribution in [3.05, 3.63) is 64.9 Å². The minimum absolute atomic E-state index is 0.224. The molecule has 2 aromatic carbocycles. The largest absolute Gasteiger partial charge is 0.494 e. The Morgan fingerprint density at radius 3 is 2.39 bits per heavy atom. The highest BCUT2D eigenvalue weighted by Gasteiger charge is 2.33. The van der Waals surface area contributed by atoms with Crippen LogP contribution in [0.3, 0.4) is 0 Å². The van der Waals surface area contributed by atoms with E-state index in [4.69, 9.17) is 9.47 Å². The second-order valence-electron chi connectivity index (χ2n) is 6.43. The van der Waals surface area contributed by atoms with E-state index in [2.05, 4.69) is 5.32 Å². The lowest BCUT2D eigenvalue weighted by molar-refractivity contribution is -0.123. The summed E-state index contributed by atoms with van der Waals surface area (Å²) >= 11 is 0. The summed E-state index contributed by atoms with van der Waals surface area (Å²) in [4.78, 5) is 26.2. The molecule has 3 rings (SSSR count). The van der Waals surface area contributed by atoms with Crippen LogP contribution in [0.15, 0.2) is 48.2 Å². The van der Waals surface area contributed by atoms with Crippen LogP contribution in [0.2, 0.25) is 0 Å². The van der Waals surface area contributed by atoms with Gasteiger partial charge < -0.3 is 14.8 Å². The van der Waals surface area contributed by atoms with Crippen molar-refractivity contribution in [2.45, 2.75) is 27.3 Å². The Morgan fingerprint density at radius 1 is 1.00 bits per heavy atom. The predicted octanol–water partition coefficient (Wildman–Crippen LogP) is 3.89. The van der Waals surface area contributed by atoms with Crippen molar-refractivity contribution in [2.24, 2.45) is 0 Å². The van der Waals surface area contributed by atoms with Gasteiger partial charge in [-0.2, -0.15) is 0 Å². The Bertz CT molecular complexity index is 903. The Kier molecular flexibility index (Phi) is 5.99. The fourth-order valence-electron chi connectivity index (χ4n) is 2.92. The Labute approximate surface area is 164 Å². The summed E-state index contributed by atoms with van der Waals surface area (Å²) in [6.07, 6.45) is 1.64. The topological polar surface area (TPSA) is 67.9 Å². The molecule has 1 fully saturated rings. The highest BCUT2D eigenvalue weighted by Crippen LogP contribution is 2.28. The molecule has 1 N–H and O–H groups in total. The molecule has 1 heterocycles. The third kappa shape index (κ3) is 4.34. The van der Waals surface area contributed by atoms with Gasteiger partial charge in [-0.05, 0) is 44.5 Å². The first-order valence-electron chi connectivity index (χ1n) is 9.31. The zero-order chi connectivity index (χ0) is 20.1.